The van der Waals surface area contributed by atoms with Crippen molar-refractivity contribution in [3.63, 3.8) is 0 Å². The molecule has 0 heterocycles. The van der Waals surface area contributed by atoms with Crippen LogP contribution in [0.25, 0.3) is 0 Å². The first-order chi connectivity index (χ1) is 7.08. The largest absolute Gasteiger partial charge is 0.289 e. The van der Waals surface area contributed by atoms with E-state index in [0.717, 1.165) is 11.1 Å². The molecule has 0 aliphatic heterocycles. The minimum Gasteiger partial charge on any atom is -0.289 e. The number of rotatable bonds is 1. The molecule has 0 saturated carbocycles. The molecule has 3 heteroatoms. The minimum absolute atomic E-state index is 0.0526. The molecule has 0 amide bonds. The van der Waals surface area contributed by atoms with Crippen LogP contribution in [-0.2, 0) is 10.5 Å². The Morgan fingerprint density at radius 3 is 2.80 bits per heavy atom. The molecule has 3 nitrogen and oxygen atoms in total. The van der Waals surface area contributed by atoms with Crippen LogP contribution < -0.4 is 0 Å². The number of hydrogen-bond donors (Lipinski definition) is 1. The zero-order valence-electron chi connectivity index (χ0n) is 8.65. The molecule has 1 atom stereocenters. The van der Waals surface area contributed by atoms with E-state index in [1.165, 1.54) is 6.08 Å². The molecular weight excluding hydrogens is 192 g/mol. The van der Waals surface area contributed by atoms with E-state index in [2.05, 4.69) is 4.89 Å². The maximum absolute atomic E-state index is 11.6. The number of allylic oxidation sites excluding steroid dienone is 1. The first kappa shape index (κ1) is 10.1. The van der Waals surface area contributed by atoms with Gasteiger partial charge in [0, 0.05) is 11.1 Å². The van der Waals surface area contributed by atoms with Gasteiger partial charge in [-0.2, -0.15) is 0 Å². The summed E-state index contributed by atoms with van der Waals surface area (Å²) in [6.07, 6.45) is 3.00. The van der Waals surface area contributed by atoms with Gasteiger partial charge in [-0.15, -0.1) is 0 Å². The van der Waals surface area contributed by atoms with Crippen LogP contribution >= 0.6 is 0 Å². The van der Waals surface area contributed by atoms with E-state index in [1.807, 2.05) is 19.1 Å². The van der Waals surface area contributed by atoms with Gasteiger partial charge in [0.1, 0.15) is 5.60 Å². The second kappa shape index (κ2) is 3.29. The van der Waals surface area contributed by atoms with Crippen LogP contribution in [0.2, 0.25) is 0 Å². The minimum atomic E-state index is -0.922. The van der Waals surface area contributed by atoms with Crippen LogP contribution in [0.4, 0.5) is 0 Å². The van der Waals surface area contributed by atoms with E-state index < -0.39 is 5.60 Å². The molecule has 2 rings (SSSR count). The number of carbonyl (C=O) groups excluding carboxylic acids is 1. The lowest BCUT2D eigenvalue weighted by atomic mass is 9.82. The highest BCUT2D eigenvalue weighted by Crippen LogP contribution is 2.35. The van der Waals surface area contributed by atoms with Crippen molar-refractivity contribution in [2.75, 3.05) is 0 Å². The quantitative estimate of drug-likeness (QED) is 0.564. The van der Waals surface area contributed by atoms with Crippen molar-refractivity contribution in [1.82, 2.24) is 0 Å². The second-order valence-electron chi connectivity index (χ2n) is 3.89. The summed E-state index contributed by atoms with van der Waals surface area (Å²) in [6.45, 7) is 3.62. The molecule has 1 aromatic carbocycles. The summed E-state index contributed by atoms with van der Waals surface area (Å²) < 4.78 is 0. The Morgan fingerprint density at radius 1 is 1.40 bits per heavy atom. The predicted molar refractivity (Wildman–Crippen MR) is 55.7 cm³/mol. The van der Waals surface area contributed by atoms with Crippen LogP contribution in [-0.4, -0.2) is 11.0 Å². The van der Waals surface area contributed by atoms with Crippen LogP contribution in [0.3, 0.4) is 0 Å². The molecule has 15 heavy (non-hydrogen) atoms. The van der Waals surface area contributed by atoms with Crippen LogP contribution in [0, 0.1) is 6.92 Å². The zero-order valence-corrected chi connectivity index (χ0v) is 8.65. The van der Waals surface area contributed by atoms with Gasteiger partial charge in [0.2, 0.25) is 0 Å². The summed E-state index contributed by atoms with van der Waals surface area (Å²) in [6, 6.07) is 5.46. The molecule has 1 N–H and O–H groups in total. The first-order valence-electron chi connectivity index (χ1n) is 4.75. The molecule has 0 radical (unpaired) electrons. The smallest absolute Gasteiger partial charge is 0.186 e. The van der Waals surface area contributed by atoms with Gasteiger partial charge >= 0.3 is 0 Å². The van der Waals surface area contributed by atoms with Gasteiger partial charge in [-0.25, -0.2) is 4.89 Å². The molecule has 0 aromatic heterocycles. The van der Waals surface area contributed by atoms with Gasteiger partial charge in [-0.05, 0) is 31.6 Å². The summed E-state index contributed by atoms with van der Waals surface area (Å²) in [7, 11) is 0. The Balaban J connectivity index is 2.73. The number of hydrogen-bond acceptors (Lipinski definition) is 3. The highest BCUT2D eigenvalue weighted by Gasteiger charge is 2.34. The second-order valence-corrected chi connectivity index (χ2v) is 3.89. The fraction of sp³-hybridized carbons (Fsp3) is 0.250. The molecule has 1 aliphatic carbocycles. The molecule has 78 valence electrons. The SMILES string of the molecule is Cc1cccc2c1C(C)(OO)C=CC2=O. The lowest BCUT2D eigenvalue weighted by Crippen LogP contribution is -2.29. The maximum atomic E-state index is 11.6. The Morgan fingerprint density at radius 2 is 2.13 bits per heavy atom. The van der Waals surface area contributed by atoms with Crippen molar-refractivity contribution in [1.29, 1.82) is 0 Å². The Bertz CT molecular complexity index is 448. The van der Waals surface area contributed by atoms with Crippen molar-refractivity contribution < 1.29 is 14.9 Å². The topological polar surface area (TPSA) is 46.5 Å². The highest BCUT2D eigenvalue weighted by atomic mass is 17.1. The molecule has 0 spiro atoms. The maximum Gasteiger partial charge on any atom is 0.186 e. The molecule has 0 saturated heterocycles. The van der Waals surface area contributed by atoms with E-state index in [0.29, 0.717) is 5.56 Å². The van der Waals surface area contributed by atoms with Gasteiger partial charge in [-0.3, -0.25) is 10.1 Å². The molecule has 0 bridgehead atoms. The Hall–Kier alpha value is -1.45. The van der Waals surface area contributed by atoms with Crippen molar-refractivity contribution >= 4 is 5.78 Å². The number of benzene rings is 1. The van der Waals surface area contributed by atoms with E-state index in [9.17, 15) is 4.79 Å². The van der Waals surface area contributed by atoms with Gasteiger partial charge in [0.15, 0.2) is 5.78 Å². The fourth-order valence-corrected chi connectivity index (χ4v) is 2.02. The van der Waals surface area contributed by atoms with E-state index in [1.54, 1.807) is 19.1 Å². The summed E-state index contributed by atoms with van der Waals surface area (Å²) in [5.74, 6) is -0.0526. The van der Waals surface area contributed by atoms with Crippen molar-refractivity contribution in [3.8, 4) is 0 Å². The third-order valence-electron chi connectivity index (χ3n) is 2.78. The monoisotopic (exact) mass is 204 g/mol. The lowest BCUT2D eigenvalue weighted by Gasteiger charge is -2.29. The third kappa shape index (κ3) is 1.40. The summed E-state index contributed by atoms with van der Waals surface area (Å²) in [5, 5.41) is 8.95. The molecule has 1 aliphatic rings. The average molecular weight is 204 g/mol. The molecule has 1 aromatic rings. The van der Waals surface area contributed by atoms with Gasteiger partial charge in [0.05, 0.1) is 0 Å². The van der Waals surface area contributed by atoms with Crippen LogP contribution in [0.1, 0.15) is 28.4 Å². The summed E-state index contributed by atoms with van der Waals surface area (Å²) >= 11 is 0. The third-order valence-corrected chi connectivity index (χ3v) is 2.78. The van der Waals surface area contributed by atoms with Gasteiger partial charge in [0.25, 0.3) is 0 Å². The van der Waals surface area contributed by atoms with E-state index in [-0.39, 0.29) is 5.78 Å². The summed E-state index contributed by atoms with van der Waals surface area (Å²) in [4.78, 5) is 16.1. The standard InChI is InChI=1S/C12H12O3/c1-8-4-3-5-9-10(13)6-7-12(2,15-14)11(8)9/h3-7,14H,1-2H3. The van der Waals surface area contributed by atoms with Crippen molar-refractivity contribution in [3.05, 3.63) is 47.0 Å². The molecule has 0 fully saturated rings. The molecular formula is C12H12O3. The van der Waals surface area contributed by atoms with E-state index >= 15 is 0 Å². The normalized spacial score (nSPS) is 24.1. The van der Waals surface area contributed by atoms with Crippen LogP contribution in [0.15, 0.2) is 30.4 Å². The number of ketones is 1. The fourth-order valence-electron chi connectivity index (χ4n) is 2.02. The highest BCUT2D eigenvalue weighted by molar-refractivity contribution is 6.07. The lowest BCUT2D eigenvalue weighted by molar-refractivity contribution is -0.308. The molecule has 1 unspecified atom stereocenters. The Kier molecular flexibility index (Phi) is 2.21. The van der Waals surface area contributed by atoms with Crippen LogP contribution in [0.5, 0.6) is 0 Å². The number of fused-ring (bicyclic) bond motifs is 1. The number of aryl methyl sites for hydroxylation is 1. The van der Waals surface area contributed by atoms with E-state index in [4.69, 9.17) is 5.26 Å². The van der Waals surface area contributed by atoms with Gasteiger partial charge < -0.3 is 0 Å². The first-order valence-corrected chi connectivity index (χ1v) is 4.75. The Labute approximate surface area is 87.9 Å². The number of carbonyl (C=O) groups is 1. The van der Waals surface area contributed by atoms with Gasteiger partial charge in [-0.1, -0.05) is 18.2 Å². The van der Waals surface area contributed by atoms with Crippen molar-refractivity contribution in [2.45, 2.75) is 19.4 Å². The summed E-state index contributed by atoms with van der Waals surface area (Å²) in [5.41, 5.74) is 1.34. The van der Waals surface area contributed by atoms with Crippen molar-refractivity contribution in [2.24, 2.45) is 0 Å². The predicted octanol–water partition coefficient (Wildman–Crippen LogP) is 2.45. The zero-order chi connectivity index (χ0) is 11.1. The average Bonchev–Trinajstić information content (AvgIpc) is 2.24.